The molecule has 0 bridgehead atoms. The number of hydrogen-bond donors (Lipinski definition) is 0. The van der Waals surface area contributed by atoms with Crippen molar-refractivity contribution in [2.45, 2.75) is 0 Å². The molecule has 0 aliphatic heterocycles. The summed E-state index contributed by atoms with van der Waals surface area (Å²) >= 11 is 0. The molecule has 0 heterocycles. The topological polar surface area (TPSA) is 0 Å². The van der Waals surface area contributed by atoms with Crippen molar-refractivity contribution in [3.8, 4) is 0 Å². The van der Waals surface area contributed by atoms with Crippen molar-refractivity contribution in [1.82, 2.24) is 0 Å². The van der Waals surface area contributed by atoms with Gasteiger partial charge in [0.05, 0.1) is 0 Å². The van der Waals surface area contributed by atoms with Gasteiger partial charge in [0, 0.05) is 21.1 Å². The first-order valence-electron chi connectivity index (χ1n) is 5.64. The van der Waals surface area contributed by atoms with Gasteiger partial charge in [0.15, 0.2) is 0 Å². The van der Waals surface area contributed by atoms with E-state index in [1.165, 1.54) is 0 Å². The Bertz CT molecular complexity index is 303. The minimum Gasteiger partial charge on any atom is -0.319 e. The molecule has 0 aromatic heterocycles. The Hall–Kier alpha value is -0.275. The largest absolute Gasteiger partial charge is 2.00 e. The van der Waals surface area contributed by atoms with Crippen LogP contribution in [-0.4, -0.2) is 0 Å². The molecular formula is C18H14W3. The van der Waals surface area contributed by atoms with Gasteiger partial charge in [-0.1, -0.05) is 0 Å². The summed E-state index contributed by atoms with van der Waals surface area (Å²) in [5.41, 5.74) is 0. The van der Waals surface area contributed by atoms with E-state index in [9.17, 15) is 0 Å². The van der Waals surface area contributed by atoms with Crippen LogP contribution in [0.5, 0.6) is 0 Å². The first kappa shape index (κ1) is 25.7. The summed E-state index contributed by atoms with van der Waals surface area (Å²) in [7, 11) is 0. The molecule has 0 unspecified atom stereocenters. The van der Waals surface area contributed by atoms with Gasteiger partial charge in [-0.05, 0) is 0 Å². The molecule has 21 heavy (non-hydrogen) atoms. The summed E-state index contributed by atoms with van der Waals surface area (Å²) in [4.78, 5) is 0. The maximum Gasteiger partial charge on any atom is 2.00 e. The zero-order valence-electron chi connectivity index (χ0n) is 11.3. The van der Waals surface area contributed by atoms with Gasteiger partial charge in [0.1, 0.15) is 0 Å². The van der Waals surface area contributed by atoms with Gasteiger partial charge < -0.3 is 12.1 Å². The summed E-state index contributed by atoms with van der Waals surface area (Å²) in [5.74, 6) is 0. The number of hydrogen-bond acceptors (Lipinski definition) is 0. The van der Waals surface area contributed by atoms with Crippen LogP contribution in [0.4, 0.5) is 0 Å². The number of benzene rings is 3. The van der Waals surface area contributed by atoms with Crippen LogP contribution in [0.1, 0.15) is 0 Å². The number of rotatable bonds is 0. The first-order chi connectivity index (χ1) is 9.00. The molecule has 0 N–H and O–H groups in total. The van der Waals surface area contributed by atoms with Crippen LogP contribution in [0.2, 0.25) is 0 Å². The molecule has 0 radical (unpaired) electrons. The Kier molecular flexibility index (Phi) is 26.9. The van der Waals surface area contributed by atoms with Crippen LogP contribution in [-0.2, 0) is 63.2 Å². The van der Waals surface area contributed by atoms with E-state index in [4.69, 9.17) is 0 Å². The summed E-state index contributed by atoms with van der Waals surface area (Å²) in [6.07, 6.45) is 0. The average Bonchev–Trinajstić information content (AvgIpc) is 2.54. The van der Waals surface area contributed by atoms with Crippen molar-refractivity contribution in [1.29, 1.82) is 0 Å². The van der Waals surface area contributed by atoms with E-state index in [0.717, 1.165) is 0 Å². The predicted octanol–water partition coefficient (Wildman–Crippen LogP) is 4.25. The Morgan fingerprint density at radius 3 is 0.667 bits per heavy atom. The SMILES string of the molecule is [W+2].[W+2].[W].[c-]1cc[c-]cc1.[c-]1ccccc1.[c-]1ccccc1. The van der Waals surface area contributed by atoms with Crippen LogP contribution < -0.4 is 0 Å². The van der Waals surface area contributed by atoms with Crippen LogP contribution in [0.3, 0.4) is 0 Å². The van der Waals surface area contributed by atoms with E-state index in [1.54, 1.807) is 0 Å². The molecule has 0 spiro atoms. The van der Waals surface area contributed by atoms with Crippen LogP contribution in [0.15, 0.2) is 84.9 Å². The van der Waals surface area contributed by atoms with Crippen LogP contribution >= 0.6 is 0 Å². The predicted molar refractivity (Wildman–Crippen MR) is 74.7 cm³/mol. The van der Waals surface area contributed by atoms with E-state index in [1.807, 2.05) is 84.9 Å². The maximum atomic E-state index is 2.89. The summed E-state index contributed by atoms with van der Waals surface area (Å²) in [5, 5.41) is 0. The zero-order valence-corrected chi connectivity index (χ0v) is 20.1. The molecule has 0 nitrogen and oxygen atoms in total. The van der Waals surface area contributed by atoms with Gasteiger partial charge in [-0.2, -0.15) is 72.8 Å². The van der Waals surface area contributed by atoms with Crippen LogP contribution in [0.25, 0.3) is 0 Å². The second-order valence-electron chi connectivity index (χ2n) is 3.15. The molecule has 3 heteroatoms. The Balaban J connectivity index is -0.000000216. The standard InChI is InChI=1S/2C6H5.C6H4.3W/c3*1-2-4-6-5-3-1;;;/h2*1-5H;1-2,5-6H;;;/q2*-1;-2;;2*+2. The van der Waals surface area contributed by atoms with E-state index in [-0.39, 0.29) is 63.2 Å². The minimum atomic E-state index is 0. The van der Waals surface area contributed by atoms with Gasteiger partial charge in [0.25, 0.3) is 0 Å². The molecule has 3 rings (SSSR count). The molecule has 3 aromatic rings. The van der Waals surface area contributed by atoms with Gasteiger partial charge >= 0.3 is 42.1 Å². The van der Waals surface area contributed by atoms with Gasteiger partial charge in [-0.3, -0.25) is 24.3 Å². The smallest absolute Gasteiger partial charge is 0.319 e. The second-order valence-corrected chi connectivity index (χ2v) is 3.15. The monoisotopic (exact) mass is 782 g/mol. The molecule has 3 aromatic carbocycles. The third kappa shape index (κ3) is 19.7. The normalized spacial score (nSPS) is 6.86. The van der Waals surface area contributed by atoms with E-state index in [2.05, 4.69) is 24.3 Å². The molecule has 0 saturated heterocycles. The first-order valence-corrected chi connectivity index (χ1v) is 5.64. The fraction of sp³-hybridized carbons (Fsp3) is 0. The Labute approximate surface area is 171 Å². The van der Waals surface area contributed by atoms with Gasteiger partial charge in [-0.15, -0.1) is 0 Å². The molecule has 0 aliphatic carbocycles. The zero-order chi connectivity index (χ0) is 12.7. The molecule has 0 fully saturated rings. The van der Waals surface area contributed by atoms with Crippen LogP contribution in [0, 0.1) is 24.3 Å². The van der Waals surface area contributed by atoms with E-state index < -0.39 is 0 Å². The maximum absolute atomic E-state index is 2.89. The van der Waals surface area contributed by atoms with Crippen molar-refractivity contribution in [3.63, 3.8) is 0 Å². The molecule has 0 atom stereocenters. The minimum absolute atomic E-state index is 0. The molecule has 0 amide bonds. The van der Waals surface area contributed by atoms with Crippen molar-refractivity contribution >= 4 is 0 Å². The van der Waals surface area contributed by atoms with E-state index in [0.29, 0.717) is 0 Å². The molecule has 0 saturated carbocycles. The molecular weight excluding hydrogens is 768 g/mol. The fourth-order valence-electron chi connectivity index (χ4n) is 0.987. The Morgan fingerprint density at radius 1 is 0.333 bits per heavy atom. The third-order valence-electron chi connectivity index (χ3n) is 1.77. The van der Waals surface area contributed by atoms with Crippen molar-refractivity contribution in [2.24, 2.45) is 0 Å². The molecule has 0 aliphatic rings. The van der Waals surface area contributed by atoms with Crippen molar-refractivity contribution in [2.75, 3.05) is 0 Å². The fourth-order valence-corrected chi connectivity index (χ4v) is 0.987. The quantitative estimate of drug-likeness (QED) is 0.300. The third-order valence-corrected chi connectivity index (χ3v) is 1.77. The summed E-state index contributed by atoms with van der Waals surface area (Å²) < 4.78 is 0. The van der Waals surface area contributed by atoms with Crippen molar-refractivity contribution < 1.29 is 63.2 Å². The second kappa shape index (κ2) is 22.0. The summed E-state index contributed by atoms with van der Waals surface area (Å²) in [6, 6.07) is 38.0. The van der Waals surface area contributed by atoms with Crippen molar-refractivity contribution in [3.05, 3.63) is 109 Å². The van der Waals surface area contributed by atoms with E-state index >= 15 is 0 Å². The molecule has 104 valence electrons. The summed E-state index contributed by atoms with van der Waals surface area (Å²) in [6.45, 7) is 0. The average molecular weight is 782 g/mol. The van der Waals surface area contributed by atoms with Gasteiger partial charge in [-0.25, -0.2) is 0 Å². The Morgan fingerprint density at radius 2 is 0.571 bits per heavy atom. The van der Waals surface area contributed by atoms with Gasteiger partial charge in [0.2, 0.25) is 0 Å².